The van der Waals surface area contributed by atoms with Gasteiger partial charge in [-0.1, -0.05) is 13.8 Å². The normalized spacial score (nSPS) is 19.5. The van der Waals surface area contributed by atoms with Crippen molar-refractivity contribution in [1.82, 2.24) is 4.90 Å². The van der Waals surface area contributed by atoms with E-state index in [0.717, 1.165) is 13.3 Å². The third-order valence-electron chi connectivity index (χ3n) is 1.67. The van der Waals surface area contributed by atoms with Gasteiger partial charge in [0, 0.05) is 13.1 Å². The van der Waals surface area contributed by atoms with E-state index in [2.05, 4.69) is 18.7 Å². The molecule has 0 spiro atoms. The van der Waals surface area contributed by atoms with Crippen LogP contribution in [0.25, 0.3) is 0 Å². The van der Waals surface area contributed by atoms with E-state index in [1.54, 1.807) is 0 Å². The van der Waals surface area contributed by atoms with Crippen molar-refractivity contribution in [2.75, 3.05) is 26.4 Å². The van der Waals surface area contributed by atoms with E-state index in [1.165, 1.54) is 19.5 Å². The summed E-state index contributed by atoms with van der Waals surface area (Å²) in [4.78, 5) is 2.32. The molecule has 60 valence electrons. The SMILES string of the molecule is CC(C)COCN1CCC1. The maximum absolute atomic E-state index is 5.42. The van der Waals surface area contributed by atoms with Crippen molar-refractivity contribution in [3.63, 3.8) is 0 Å². The Labute approximate surface area is 63.2 Å². The molecule has 0 atom stereocenters. The van der Waals surface area contributed by atoms with Crippen molar-refractivity contribution in [2.45, 2.75) is 20.3 Å². The zero-order valence-electron chi connectivity index (χ0n) is 6.97. The van der Waals surface area contributed by atoms with Crippen LogP contribution in [-0.4, -0.2) is 31.3 Å². The predicted octanol–water partition coefficient (Wildman–Crippen LogP) is 1.32. The second-order valence-electron chi connectivity index (χ2n) is 3.37. The number of likely N-dealkylation sites (tertiary alicyclic amines) is 1. The van der Waals surface area contributed by atoms with Gasteiger partial charge in [-0.25, -0.2) is 0 Å². The molecule has 2 nitrogen and oxygen atoms in total. The summed E-state index contributed by atoms with van der Waals surface area (Å²) in [5, 5.41) is 0. The first-order valence-electron chi connectivity index (χ1n) is 4.09. The van der Waals surface area contributed by atoms with E-state index in [-0.39, 0.29) is 0 Å². The number of hydrogen-bond donors (Lipinski definition) is 0. The molecule has 1 heterocycles. The highest BCUT2D eigenvalue weighted by molar-refractivity contribution is 4.64. The first-order chi connectivity index (χ1) is 4.79. The van der Waals surface area contributed by atoms with Crippen LogP contribution in [0.2, 0.25) is 0 Å². The average molecular weight is 143 g/mol. The molecule has 0 aliphatic carbocycles. The zero-order chi connectivity index (χ0) is 7.40. The fourth-order valence-corrected chi connectivity index (χ4v) is 0.928. The summed E-state index contributed by atoms with van der Waals surface area (Å²) in [6, 6.07) is 0. The summed E-state index contributed by atoms with van der Waals surface area (Å²) < 4.78 is 5.42. The minimum absolute atomic E-state index is 0.668. The molecule has 0 aromatic carbocycles. The van der Waals surface area contributed by atoms with Gasteiger partial charge in [-0.05, 0) is 12.3 Å². The highest BCUT2D eigenvalue weighted by atomic mass is 16.5. The number of hydrogen-bond acceptors (Lipinski definition) is 2. The van der Waals surface area contributed by atoms with E-state index in [0.29, 0.717) is 5.92 Å². The summed E-state index contributed by atoms with van der Waals surface area (Å²) in [5.74, 6) is 0.668. The lowest BCUT2D eigenvalue weighted by Gasteiger charge is -2.30. The van der Waals surface area contributed by atoms with Crippen LogP contribution in [0.3, 0.4) is 0 Å². The van der Waals surface area contributed by atoms with Gasteiger partial charge in [0.25, 0.3) is 0 Å². The van der Waals surface area contributed by atoms with Gasteiger partial charge in [0.15, 0.2) is 0 Å². The maximum Gasteiger partial charge on any atom is 0.0990 e. The maximum atomic E-state index is 5.42. The number of rotatable bonds is 4. The van der Waals surface area contributed by atoms with E-state index >= 15 is 0 Å². The molecule has 0 aromatic rings. The summed E-state index contributed by atoms with van der Waals surface area (Å²) in [6.45, 7) is 8.57. The summed E-state index contributed by atoms with van der Waals surface area (Å²) in [6.07, 6.45) is 1.35. The molecule has 1 fully saturated rings. The first kappa shape index (κ1) is 8.02. The Bertz CT molecular complexity index is 89.3. The van der Waals surface area contributed by atoms with Crippen molar-refractivity contribution >= 4 is 0 Å². The third-order valence-corrected chi connectivity index (χ3v) is 1.67. The monoisotopic (exact) mass is 143 g/mol. The van der Waals surface area contributed by atoms with Crippen molar-refractivity contribution in [3.05, 3.63) is 0 Å². The van der Waals surface area contributed by atoms with Crippen LogP contribution in [0.4, 0.5) is 0 Å². The number of ether oxygens (including phenoxy) is 1. The van der Waals surface area contributed by atoms with Crippen molar-refractivity contribution in [1.29, 1.82) is 0 Å². The van der Waals surface area contributed by atoms with E-state index in [1.807, 2.05) is 0 Å². The Hall–Kier alpha value is -0.0800. The molecular weight excluding hydrogens is 126 g/mol. The van der Waals surface area contributed by atoms with Gasteiger partial charge in [0.2, 0.25) is 0 Å². The molecule has 1 rings (SSSR count). The predicted molar refractivity (Wildman–Crippen MR) is 41.8 cm³/mol. The molecule has 1 aliphatic heterocycles. The third kappa shape index (κ3) is 2.67. The number of nitrogens with zero attached hydrogens (tertiary/aromatic N) is 1. The Morgan fingerprint density at radius 2 is 2.10 bits per heavy atom. The van der Waals surface area contributed by atoms with Crippen LogP contribution >= 0.6 is 0 Å². The topological polar surface area (TPSA) is 12.5 Å². The summed E-state index contributed by atoms with van der Waals surface area (Å²) in [5.41, 5.74) is 0. The molecule has 0 amide bonds. The van der Waals surface area contributed by atoms with Gasteiger partial charge in [0.1, 0.15) is 0 Å². The minimum atomic E-state index is 0.668. The molecule has 0 radical (unpaired) electrons. The first-order valence-corrected chi connectivity index (χ1v) is 4.09. The van der Waals surface area contributed by atoms with Crippen LogP contribution < -0.4 is 0 Å². The van der Waals surface area contributed by atoms with Crippen LogP contribution in [-0.2, 0) is 4.74 Å². The van der Waals surface area contributed by atoms with Gasteiger partial charge in [0.05, 0.1) is 13.3 Å². The zero-order valence-corrected chi connectivity index (χ0v) is 6.97. The lowest BCUT2D eigenvalue weighted by Crippen LogP contribution is -2.38. The molecule has 1 saturated heterocycles. The molecule has 0 N–H and O–H groups in total. The van der Waals surface area contributed by atoms with E-state index < -0.39 is 0 Å². The largest absolute Gasteiger partial charge is 0.366 e. The van der Waals surface area contributed by atoms with Crippen molar-refractivity contribution in [3.8, 4) is 0 Å². The van der Waals surface area contributed by atoms with E-state index in [4.69, 9.17) is 4.74 Å². The molecule has 10 heavy (non-hydrogen) atoms. The standard InChI is InChI=1S/C8H17NO/c1-8(2)6-10-7-9-4-3-5-9/h8H,3-7H2,1-2H3. The van der Waals surface area contributed by atoms with Gasteiger partial charge in [-0.3, -0.25) is 4.90 Å². The highest BCUT2D eigenvalue weighted by Gasteiger charge is 2.12. The smallest absolute Gasteiger partial charge is 0.0990 e. The Morgan fingerprint density at radius 3 is 2.50 bits per heavy atom. The molecule has 0 unspecified atom stereocenters. The molecule has 1 aliphatic rings. The Kier molecular flexibility index (Phi) is 3.16. The van der Waals surface area contributed by atoms with Crippen LogP contribution in [0.15, 0.2) is 0 Å². The lowest BCUT2D eigenvalue weighted by molar-refractivity contribution is -0.0125. The fourth-order valence-electron chi connectivity index (χ4n) is 0.928. The second-order valence-corrected chi connectivity index (χ2v) is 3.37. The lowest BCUT2D eigenvalue weighted by atomic mass is 10.2. The van der Waals surface area contributed by atoms with Crippen molar-refractivity contribution < 1.29 is 4.74 Å². The molecule has 0 saturated carbocycles. The van der Waals surface area contributed by atoms with Crippen LogP contribution in [0.5, 0.6) is 0 Å². The quantitative estimate of drug-likeness (QED) is 0.588. The summed E-state index contributed by atoms with van der Waals surface area (Å²) in [7, 11) is 0. The van der Waals surface area contributed by atoms with Gasteiger partial charge in [-0.15, -0.1) is 0 Å². The minimum Gasteiger partial charge on any atom is -0.366 e. The Morgan fingerprint density at radius 1 is 1.40 bits per heavy atom. The van der Waals surface area contributed by atoms with Gasteiger partial charge < -0.3 is 4.74 Å². The Balaban J connectivity index is 1.85. The van der Waals surface area contributed by atoms with Gasteiger partial charge >= 0.3 is 0 Å². The highest BCUT2D eigenvalue weighted by Crippen LogP contribution is 2.05. The van der Waals surface area contributed by atoms with Crippen LogP contribution in [0, 0.1) is 5.92 Å². The summed E-state index contributed by atoms with van der Waals surface area (Å²) >= 11 is 0. The average Bonchev–Trinajstić information content (AvgIpc) is 1.75. The molecular formula is C8H17NO. The van der Waals surface area contributed by atoms with E-state index in [9.17, 15) is 0 Å². The molecule has 2 heteroatoms. The fraction of sp³-hybridized carbons (Fsp3) is 1.00. The molecule has 0 bridgehead atoms. The van der Waals surface area contributed by atoms with Gasteiger partial charge in [-0.2, -0.15) is 0 Å². The second kappa shape index (κ2) is 3.94. The molecule has 0 aromatic heterocycles. The van der Waals surface area contributed by atoms with Crippen molar-refractivity contribution in [2.24, 2.45) is 5.92 Å². The van der Waals surface area contributed by atoms with Crippen LogP contribution in [0.1, 0.15) is 20.3 Å².